The Morgan fingerprint density at radius 3 is 1.63 bits per heavy atom. The van der Waals surface area contributed by atoms with Crippen LogP contribution in [0.3, 0.4) is 0 Å². The average Bonchev–Trinajstić information content (AvgIpc) is 3.72. The number of hydrogen-bond acceptors (Lipinski definition) is 6. The van der Waals surface area contributed by atoms with Crippen LogP contribution in [0.25, 0.3) is 111 Å². The Bertz CT molecular complexity index is 3380. The molecular formula is C53H31N5O. The second-order valence-electron chi connectivity index (χ2n) is 14.5. The number of furan rings is 1. The van der Waals surface area contributed by atoms with Crippen molar-refractivity contribution in [3.05, 3.63) is 194 Å². The van der Waals surface area contributed by atoms with Crippen LogP contribution in [0.2, 0.25) is 0 Å². The molecule has 6 nitrogen and oxygen atoms in total. The van der Waals surface area contributed by atoms with E-state index in [1.165, 1.54) is 0 Å². The van der Waals surface area contributed by atoms with Crippen LogP contribution in [-0.2, 0) is 0 Å². The molecule has 0 radical (unpaired) electrons. The third-order valence-corrected chi connectivity index (χ3v) is 11.0. The van der Waals surface area contributed by atoms with E-state index >= 15 is 0 Å². The molecule has 59 heavy (non-hydrogen) atoms. The summed E-state index contributed by atoms with van der Waals surface area (Å²) in [5.74, 6) is 1.69. The quantitative estimate of drug-likeness (QED) is 0.157. The number of fused-ring (bicyclic) bond motifs is 8. The lowest BCUT2D eigenvalue weighted by Crippen LogP contribution is -2.01. The molecule has 0 atom stereocenters. The van der Waals surface area contributed by atoms with E-state index in [0.717, 1.165) is 88.1 Å². The van der Waals surface area contributed by atoms with Crippen LogP contribution in [0, 0.1) is 11.3 Å². The van der Waals surface area contributed by atoms with E-state index in [0.29, 0.717) is 28.7 Å². The van der Waals surface area contributed by atoms with Gasteiger partial charge in [-0.25, -0.2) is 19.9 Å². The van der Waals surface area contributed by atoms with Gasteiger partial charge in [0.05, 0.1) is 17.3 Å². The molecule has 0 amide bonds. The molecular weight excluding hydrogens is 723 g/mol. The van der Waals surface area contributed by atoms with Gasteiger partial charge in [-0.05, 0) is 86.9 Å². The van der Waals surface area contributed by atoms with Crippen molar-refractivity contribution in [3.63, 3.8) is 0 Å². The third kappa shape index (κ3) is 6.06. The lowest BCUT2D eigenvalue weighted by Gasteiger charge is -2.12. The first-order valence-corrected chi connectivity index (χ1v) is 19.4. The largest absolute Gasteiger partial charge is 0.455 e. The maximum Gasteiger partial charge on any atom is 0.182 e. The van der Waals surface area contributed by atoms with Gasteiger partial charge < -0.3 is 4.42 Å². The Hall–Kier alpha value is -8.27. The second-order valence-corrected chi connectivity index (χ2v) is 14.5. The number of hydrogen-bond donors (Lipinski definition) is 0. The molecule has 0 aliphatic rings. The molecule has 3 aromatic heterocycles. The van der Waals surface area contributed by atoms with Crippen LogP contribution in [0.4, 0.5) is 0 Å². The summed E-state index contributed by atoms with van der Waals surface area (Å²) in [5, 5.41) is 15.8. The van der Waals surface area contributed by atoms with E-state index in [1.807, 2.05) is 115 Å². The van der Waals surface area contributed by atoms with Crippen molar-refractivity contribution in [1.82, 2.24) is 19.9 Å². The first-order valence-electron chi connectivity index (χ1n) is 19.4. The molecule has 0 spiro atoms. The van der Waals surface area contributed by atoms with Gasteiger partial charge in [-0.3, -0.25) is 0 Å². The molecule has 8 aromatic carbocycles. The summed E-state index contributed by atoms with van der Waals surface area (Å²) in [6, 6.07) is 65.9. The van der Waals surface area contributed by atoms with Crippen molar-refractivity contribution >= 4 is 43.5 Å². The molecule has 0 N–H and O–H groups in total. The number of rotatable bonds is 6. The predicted molar refractivity (Wildman–Crippen MR) is 237 cm³/mol. The molecule has 11 aromatic rings. The summed E-state index contributed by atoms with van der Waals surface area (Å²) in [6.45, 7) is 0. The number of para-hydroxylation sites is 1. The van der Waals surface area contributed by atoms with Crippen molar-refractivity contribution in [3.8, 4) is 73.9 Å². The maximum atomic E-state index is 9.30. The summed E-state index contributed by atoms with van der Waals surface area (Å²) in [5.41, 5.74) is 10.9. The highest BCUT2D eigenvalue weighted by Gasteiger charge is 2.19. The number of aromatic nitrogens is 4. The van der Waals surface area contributed by atoms with E-state index in [2.05, 4.69) is 78.9 Å². The van der Waals surface area contributed by atoms with Gasteiger partial charge >= 0.3 is 0 Å². The Morgan fingerprint density at radius 2 is 0.898 bits per heavy atom. The second kappa shape index (κ2) is 14.0. The zero-order chi connectivity index (χ0) is 39.3. The van der Waals surface area contributed by atoms with E-state index in [-0.39, 0.29) is 0 Å². The summed E-state index contributed by atoms with van der Waals surface area (Å²) >= 11 is 0. The fourth-order valence-corrected chi connectivity index (χ4v) is 8.05. The highest BCUT2D eigenvalue weighted by Crippen LogP contribution is 2.43. The Balaban J connectivity index is 1.05. The van der Waals surface area contributed by atoms with Crippen LogP contribution < -0.4 is 0 Å². The van der Waals surface area contributed by atoms with Gasteiger partial charge in [0.15, 0.2) is 17.5 Å². The Kier molecular flexibility index (Phi) is 8.09. The predicted octanol–water partition coefficient (Wildman–Crippen LogP) is 13.3. The molecule has 0 bridgehead atoms. The van der Waals surface area contributed by atoms with Gasteiger partial charge in [-0.2, -0.15) is 5.26 Å². The van der Waals surface area contributed by atoms with Crippen LogP contribution in [0.15, 0.2) is 192 Å². The van der Waals surface area contributed by atoms with E-state index in [1.54, 1.807) is 0 Å². The van der Waals surface area contributed by atoms with Crippen molar-refractivity contribution in [1.29, 1.82) is 5.26 Å². The molecule has 0 aliphatic heterocycles. The fraction of sp³-hybridized carbons (Fsp3) is 0. The zero-order valence-corrected chi connectivity index (χ0v) is 31.5. The molecule has 0 fully saturated rings. The topological polar surface area (TPSA) is 88.5 Å². The molecule has 0 unspecified atom stereocenters. The molecule has 3 heterocycles. The monoisotopic (exact) mass is 753 g/mol. The minimum absolute atomic E-state index is 0.504. The highest BCUT2D eigenvalue weighted by atomic mass is 16.3. The first-order chi connectivity index (χ1) is 29.2. The molecule has 11 rings (SSSR count). The van der Waals surface area contributed by atoms with Gasteiger partial charge in [0.25, 0.3) is 0 Å². The van der Waals surface area contributed by atoms with Gasteiger partial charge in [-0.1, -0.05) is 140 Å². The van der Waals surface area contributed by atoms with Crippen LogP contribution >= 0.6 is 0 Å². The number of nitrogens with zero attached hydrogens (tertiary/aromatic N) is 5. The van der Waals surface area contributed by atoms with E-state index in [4.69, 9.17) is 24.4 Å². The molecule has 274 valence electrons. The normalized spacial score (nSPS) is 11.4. The molecule has 0 saturated heterocycles. The Labute approximate surface area is 339 Å². The number of pyridine rings is 1. The van der Waals surface area contributed by atoms with Crippen molar-refractivity contribution in [2.75, 3.05) is 0 Å². The smallest absolute Gasteiger partial charge is 0.182 e. The fourth-order valence-electron chi connectivity index (χ4n) is 8.05. The summed E-state index contributed by atoms with van der Waals surface area (Å²) in [4.78, 5) is 19.9. The van der Waals surface area contributed by atoms with Crippen molar-refractivity contribution in [2.24, 2.45) is 0 Å². The van der Waals surface area contributed by atoms with Crippen molar-refractivity contribution in [2.45, 2.75) is 0 Å². The van der Waals surface area contributed by atoms with Gasteiger partial charge in [0, 0.05) is 32.8 Å². The lowest BCUT2D eigenvalue weighted by molar-refractivity contribution is 0.673. The van der Waals surface area contributed by atoms with Gasteiger partial charge in [0.1, 0.15) is 16.9 Å². The van der Waals surface area contributed by atoms with Crippen LogP contribution in [0.5, 0.6) is 0 Å². The molecule has 0 saturated carbocycles. The maximum absolute atomic E-state index is 9.30. The van der Waals surface area contributed by atoms with E-state index < -0.39 is 0 Å². The summed E-state index contributed by atoms with van der Waals surface area (Å²) in [7, 11) is 0. The Morgan fingerprint density at radius 1 is 0.356 bits per heavy atom. The zero-order valence-electron chi connectivity index (χ0n) is 31.5. The first kappa shape index (κ1) is 34.0. The highest BCUT2D eigenvalue weighted by molar-refractivity contribution is 6.30. The SMILES string of the molecule is N#Cc1ccc(-c2cccc(-c3ccc4c5ccc(-c6cccc(-c7nc(-c8ccccc8)nc(-c8ccccc8)n7)n6)cc5c5oc6ccccc6c5c4c3)c2)cc1. The number of nitriles is 1. The van der Waals surface area contributed by atoms with E-state index in [9.17, 15) is 5.26 Å². The van der Waals surface area contributed by atoms with Crippen molar-refractivity contribution < 1.29 is 4.42 Å². The average molecular weight is 754 g/mol. The van der Waals surface area contributed by atoms with Gasteiger partial charge in [-0.15, -0.1) is 0 Å². The number of benzene rings is 8. The lowest BCUT2D eigenvalue weighted by atomic mass is 9.92. The molecule has 0 aliphatic carbocycles. The summed E-state index contributed by atoms with van der Waals surface area (Å²) < 4.78 is 6.74. The van der Waals surface area contributed by atoms with Crippen LogP contribution in [0.1, 0.15) is 5.56 Å². The molecule has 6 heteroatoms. The standard InChI is InChI=1S/C53H31N5O/c54-32-33-21-23-34(24-22-33)37-15-9-16-38(29-37)39-25-27-41-42-28-26-40(31-45(42)50-49(44(41)30-39)43-17-7-8-20-48(43)59-50)46-18-10-19-47(55-46)53-57-51(35-11-3-1-4-12-35)56-52(58-53)36-13-5-2-6-14-36/h1-31H. The van der Waals surface area contributed by atoms with Gasteiger partial charge in [0.2, 0.25) is 0 Å². The third-order valence-electron chi connectivity index (χ3n) is 11.0. The summed E-state index contributed by atoms with van der Waals surface area (Å²) in [6.07, 6.45) is 0. The minimum atomic E-state index is 0.504. The van der Waals surface area contributed by atoms with Crippen LogP contribution in [-0.4, -0.2) is 19.9 Å². The minimum Gasteiger partial charge on any atom is -0.455 e.